The highest BCUT2D eigenvalue weighted by Gasteiger charge is 2.05. The smallest absolute Gasteiger partial charge is 0.136 e. The Kier molecular flexibility index (Phi) is 4.65. The van der Waals surface area contributed by atoms with Gasteiger partial charge in [0.15, 0.2) is 0 Å². The maximum Gasteiger partial charge on any atom is 0.136 e. The van der Waals surface area contributed by atoms with Gasteiger partial charge in [0.05, 0.1) is 17.7 Å². The molecule has 2 aromatic rings. The standard InChI is InChI=1S/C16H16N2OS/c1-11-6-12(2)18-16(7-11)20-10-13-4-5-15(19-3)14(8-13)9-17/h4-8H,10H2,1-3H3. The Labute approximate surface area is 123 Å². The van der Waals surface area contributed by atoms with Gasteiger partial charge in [-0.3, -0.25) is 0 Å². The summed E-state index contributed by atoms with van der Waals surface area (Å²) < 4.78 is 5.14. The lowest BCUT2D eigenvalue weighted by molar-refractivity contribution is 0.413. The summed E-state index contributed by atoms with van der Waals surface area (Å²) in [6, 6.07) is 12.0. The molecule has 0 fully saturated rings. The summed E-state index contributed by atoms with van der Waals surface area (Å²) in [5, 5.41) is 10.1. The van der Waals surface area contributed by atoms with E-state index in [1.165, 1.54) is 5.56 Å². The topological polar surface area (TPSA) is 45.9 Å². The number of nitriles is 1. The predicted octanol–water partition coefficient (Wildman–Crippen LogP) is 3.87. The molecule has 20 heavy (non-hydrogen) atoms. The molecule has 4 heteroatoms. The van der Waals surface area contributed by atoms with Crippen LogP contribution >= 0.6 is 11.8 Å². The SMILES string of the molecule is COc1ccc(CSc2cc(C)cc(C)n2)cc1C#N. The van der Waals surface area contributed by atoms with E-state index in [0.717, 1.165) is 22.0 Å². The number of methoxy groups -OCH3 is 1. The monoisotopic (exact) mass is 284 g/mol. The molecule has 0 radical (unpaired) electrons. The van der Waals surface area contributed by atoms with Crippen LogP contribution in [-0.4, -0.2) is 12.1 Å². The summed E-state index contributed by atoms with van der Waals surface area (Å²) in [7, 11) is 1.57. The molecule has 1 heterocycles. The molecule has 0 saturated heterocycles. The van der Waals surface area contributed by atoms with Crippen molar-refractivity contribution in [1.82, 2.24) is 4.98 Å². The second-order valence-electron chi connectivity index (χ2n) is 4.56. The van der Waals surface area contributed by atoms with Crippen molar-refractivity contribution >= 4 is 11.8 Å². The van der Waals surface area contributed by atoms with Gasteiger partial charge < -0.3 is 4.74 Å². The van der Waals surface area contributed by atoms with Crippen molar-refractivity contribution in [1.29, 1.82) is 5.26 Å². The van der Waals surface area contributed by atoms with Crippen LogP contribution in [0, 0.1) is 25.2 Å². The van der Waals surface area contributed by atoms with E-state index in [-0.39, 0.29) is 0 Å². The molecule has 2 rings (SSSR count). The average Bonchev–Trinajstić information content (AvgIpc) is 2.43. The Morgan fingerprint density at radius 1 is 1.25 bits per heavy atom. The maximum atomic E-state index is 9.08. The number of benzene rings is 1. The van der Waals surface area contributed by atoms with Gasteiger partial charge in [0.25, 0.3) is 0 Å². The highest BCUT2D eigenvalue weighted by Crippen LogP contribution is 2.25. The Hall–Kier alpha value is -1.99. The first-order valence-corrected chi connectivity index (χ1v) is 7.26. The van der Waals surface area contributed by atoms with E-state index in [4.69, 9.17) is 10.00 Å². The van der Waals surface area contributed by atoms with Gasteiger partial charge in [-0.25, -0.2) is 4.98 Å². The van der Waals surface area contributed by atoms with Crippen LogP contribution in [0.1, 0.15) is 22.4 Å². The van der Waals surface area contributed by atoms with Crippen molar-refractivity contribution in [2.45, 2.75) is 24.6 Å². The molecule has 0 aliphatic heterocycles. The van der Waals surface area contributed by atoms with Crippen molar-refractivity contribution in [2.24, 2.45) is 0 Å². The van der Waals surface area contributed by atoms with Crippen LogP contribution in [0.15, 0.2) is 35.4 Å². The van der Waals surface area contributed by atoms with Crippen LogP contribution < -0.4 is 4.74 Å². The minimum absolute atomic E-state index is 0.569. The zero-order chi connectivity index (χ0) is 14.5. The van der Waals surface area contributed by atoms with Gasteiger partial charge in [0.2, 0.25) is 0 Å². The van der Waals surface area contributed by atoms with Gasteiger partial charge in [0, 0.05) is 11.4 Å². The van der Waals surface area contributed by atoms with Crippen molar-refractivity contribution in [3.05, 3.63) is 52.7 Å². The lowest BCUT2D eigenvalue weighted by Gasteiger charge is -2.07. The quantitative estimate of drug-likeness (QED) is 0.799. The molecule has 1 aromatic carbocycles. The minimum atomic E-state index is 0.569. The maximum absolute atomic E-state index is 9.08. The van der Waals surface area contributed by atoms with E-state index >= 15 is 0 Å². The van der Waals surface area contributed by atoms with E-state index in [0.29, 0.717) is 11.3 Å². The minimum Gasteiger partial charge on any atom is -0.495 e. The molecule has 0 amide bonds. The molecule has 0 N–H and O–H groups in total. The third-order valence-corrected chi connectivity index (χ3v) is 3.83. The van der Waals surface area contributed by atoms with Gasteiger partial charge in [-0.05, 0) is 49.2 Å². The number of thioether (sulfide) groups is 1. The molecular formula is C16H16N2OS. The van der Waals surface area contributed by atoms with Crippen molar-refractivity contribution < 1.29 is 4.74 Å². The fourth-order valence-corrected chi connectivity index (χ4v) is 2.94. The number of rotatable bonds is 4. The third kappa shape index (κ3) is 3.52. The number of aromatic nitrogens is 1. The molecule has 0 aliphatic carbocycles. The second kappa shape index (κ2) is 6.44. The first-order chi connectivity index (χ1) is 9.62. The van der Waals surface area contributed by atoms with Crippen LogP contribution in [0.25, 0.3) is 0 Å². The zero-order valence-electron chi connectivity index (χ0n) is 11.8. The van der Waals surface area contributed by atoms with E-state index in [9.17, 15) is 0 Å². The van der Waals surface area contributed by atoms with Crippen LogP contribution in [0.2, 0.25) is 0 Å². The number of hydrogen-bond donors (Lipinski definition) is 0. The summed E-state index contributed by atoms with van der Waals surface area (Å²) in [4.78, 5) is 4.50. The zero-order valence-corrected chi connectivity index (χ0v) is 12.6. The van der Waals surface area contributed by atoms with Crippen LogP contribution in [0.3, 0.4) is 0 Å². The summed E-state index contributed by atoms with van der Waals surface area (Å²) in [5.74, 6) is 1.40. The first-order valence-electron chi connectivity index (χ1n) is 6.27. The van der Waals surface area contributed by atoms with Gasteiger partial charge in [-0.2, -0.15) is 5.26 Å². The van der Waals surface area contributed by atoms with Gasteiger partial charge in [0.1, 0.15) is 11.8 Å². The van der Waals surface area contributed by atoms with Crippen LogP contribution in [0.5, 0.6) is 5.75 Å². The Morgan fingerprint density at radius 2 is 2.05 bits per heavy atom. The van der Waals surface area contributed by atoms with E-state index in [1.54, 1.807) is 18.9 Å². The lowest BCUT2D eigenvalue weighted by atomic mass is 10.1. The van der Waals surface area contributed by atoms with Crippen molar-refractivity contribution in [3.8, 4) is 11.8 Å². The van der Waals surface area contributed by atoms with E-state index in [2.05, 4.69) is 30.1 Å². The number of hydrogen-bond acceptors (Lipinski definition) is 4. The fourth-order valence-electron chi connectivity index (χ4n) is 1.97. The lowest BCUT2D eigenvalue weighted by Crippen LogP contribution is -1.91. The Bertz CT molecular complexity index is 642. The average molecular weight is 284 g/mol. The number of aryl methyl sites for hydroxylation is 2. The largest absolute Gasteiger partial charge is 0.495 e. The molecule has 0 saturated carbocycles. The summed E-state index contributed by atoms with van der Waals surface area (Å²) in [5.41, 5.74) is 3.90. The fraction of sp³-hybridized carbons (Fsp3) is 0.250. The molecule has 0 aliphatic rings. The van der Waals surface area contributed by atoms with Gasteiger partial charge >= 0.3 is 0 Å². The second-order valence-corrected chi connectivity index (χ2v) is 5.55. The van der Waals surface area contributed by atoms with Crippen molar-refractivity contribution in [3.63, 3.8) is 0 Å². The number of pyridine rings is 1. The van der Waals surface area contributed by atoms with Crippen molar-refractivity contribution in [2.75, 3.05) is 7.11 Å². The van der Waals surface area contributed by atoms with Crippen LogP contribution in [0.4, 0.5) is 0 Å². The van der Waals surface area contributed by atoms with E-state index in [1.807, 2.05) is 25.1 Å². The highest BCUT2D eigenvalue weighted by molar-refractivity contribution is 7.98. The molecular weight excluding hydrogens is 268 g/mol. The summed E-state index contributed by atoms with van der Waals surface area (Å²) in [6.45, 7) is 4.07. The molecule has 0 spiro atoms. The number of nitrogens with zero attached hydrogens (tertiary/aromatic N) is 2. The van der Waals surface area contributed by atoms with Gasteiger partial charge in [-0.1, -0.05) is 6.07 Å². The highest BCUT2D eigenvalue weighted by atomic mass is 32.2. The molecule has 102 valence electrons. The number of ether oxygens (including phenoxy) is 1. The normalized spacial score (nSPS) is 10.1. The third-order valence-electron chi connectivity index (χ3n) is 2.85. The molecule has 3 nitrogen and oxygen atoms in total. The molecule has 0 atom stereocenters. The molecule has 0 bridgehead atoms. The summed E-state index contributed by atoms with van der Waals surface area (Å²) in [6.07, 6.45) is 0. The molecule has 0 unspecified atom stereocenters. The Balaban J connectivity index is 2.13. The Morgan fingerprint density at radius 3 is 2.70 bits per heavy atom. The van der Waals surface area contributed by atoms with E-state index < -0.39 is 0 Å². The van der Waals surface area contributed by atoms with Gasteiger partial charge in [-0.15, -0.1) is 11.8 Å². The van der Waals surface area contributed by atoms with Crippen LogP contribution in [-0.2, 0) is 5.75 Å². The predicted molar refractivity (Wildman–Crippen MR) is 81.0 cm³/mol. The molecule has 1 aromatic heterocycles. The summed E-state index contributed by atoms with van der Waals surface area (Å²) >= 11 is 1.67. The first kappa shape index (κ1) is 14.4.